The first kappa shape index (κ1) is 13.8. The monoisotopic (exact) mass is 242 g/mol. The van der Waals surface area contributed by atoms with Gasteiger partial charge in [-0.1, -0.05) is 40.0 Å². The predicted molar refractivity (Wildman–Crippen MR) is 74.6 cm³/mol. The number of hydrogen-bond acceptors (Lipinski definition) is 1. The molecule has 1 rings (SSSR count). The molecule has 3 atom stereocenters. The van der Waals surface area contributed by atoms with E-state index < -0.39 is 0 Å². The molecule has 94 valence electrons. The minimum absolute atomic E-state index is 0.574. The van der Waals surface area contributed by atoms with Crippen LogP contribution >= 0.6 is 12.2 Å². The average Bonchev–Trinajstić information content (AvgIpc) is 2.25. The molecule has 0 radical (unpaired) electrons. The summed E-state index contributed by atoms with van der Waals surface area (Å²) in [5.74, 6) is 1.56. The second kappa shape index (κ2) is 7.10. The van der Waals surface area contributed by atoms with Crippen molar-refractivity contribution in [2.45, 2.75) is 58.9 Å². The van der Waals surface area contributed by atoms with Gasteiger partial charge in [-0.15, -0.1) is 0 Å². The van der Waals surface area contributed by atoms with Crippen LogP contribution in [0.2, 0.25) is 0 Å². The Labute approximate surface area is 106 Å². The van der Waals surface area contributed by atoms with Gasteiger partial charge in [-0.3, -0.25) is 0 Å². The molecule has 0 amide bonds. The van der Waals surface area contributed by atoms with Gasteiger partial charge in [0.15, 0.2) is 5.11 Å². The summed E-state index contributed by atoms with van der Waals surface area (Å²) in [5, 5.41) is 7.61. The number of hydrogen-bond donors (Lipinski definition) is 2. The van der Waals surface area contributed by atoms with Crippen LogP contribution in [0.3, 0.4) is 0 Å². The maximum Gasteiger partial charge on any atom is 0.166 e. The quantitative estimate of drug-likeness (QED) is 0.585. The average molecular weight is 242 g/mol. The zero-order chi connectivity index (χ0) is 12.0. The maximum absolute atomic E-state index is 5.32. The van der Waals surface area contributed by atoms with Crippen LogP contribution in [0.25, 0.3) is 0 Å². The largest absolute Gasteiger partial charge is 0.363 e. The molecule has 0 heterocycles. The topological polar surface area (TPSA) is 24.1 Å². The van der Waals surface area contributed by atoms with Gasteiger partial charge in [0.05, 0.1) is 0 Å². The van der Waals surface area contributed by atoms with Crippen LogP contribution in [0.5, 0.6) is 0 Å². The molecule has 0 saturated heterocycles. The Morgan fingerprint density at radius 2 is 2.06 bits per heavy atom. The number of rotatable bonds is 4. The van der Waals surface area contributed by atoms with Crippen LogP contribution in [-0.2, 0) is 0 Å². The Hall–Kier alpha value is -0.310. The summed E-state index contributed by atoms with van der Waals surface area (Å²) in [4.78, 5) is 0. The van der Waals surface area contributed by atoms with Crippen molar-refractivity contribution in [2.75, 3.05) is 6.54 Å². The van der Waals surface area contributed by atoms with Gasteiger partial charge < -0.3 is 10.6 Å². The van der Waals surface area contributed by atoms with E-state index in [0.717, 1.165) is 23.5 Å². The van der Waals surface area contributed by atoms with Crippen LogP contribution in [0.1, 0.15) is 52.9 Å². The second-order valence-corrected chi connectivity index (χ2v) is 5.54. The van der Waals surface area contributed by atoms with Gasteiger partial charge in [0.25, 0.3) is 0 Å². The van der Waals surface area contributed by atoms with Gasteiger partial charge >= 0.3 is 0 Å². The first-order valence-electron chi connectivity index (χ1n) is 6.69. The number of unbranched alkanes of at least 4 members (excludes halogenated alkanes) is 1. The predicted octanol–water partition coefficient (Wildman–Crippen LogP) is 3.08. The number of thiocarbonyl (C=S) groups is 1. The molecular weight excluding hydrogens is 216 g/mol. The van der Waals surface area contributed by atoms with E-state index in [1.807, 2.05) is 0 Å². The van der Waals surface area contributed by atoms with E-state index in [2.05, 4.69) is 31.4 Å². The Morgan fingerprint density at radius 1 is 1.31 bits per heavy atom. The van der Waals surface area contributed by atoms with Crippen LogP contribution in [-0.4, -0.2) is 17.7 Å². The molecule has 0 aromatic rings. The van der Waals surface area contributed by atoms with Crippen LogP contribution in [0.4, 0.5) is 0 Å². The Kier molecular flexibility index (Phi) is 6.10. The lowest BCUT2D eigenvalue weighted by atomic mass is 9.78. The van der Waals surface area contributed by atoms with E-state index in [1.54, 1.807) is 0 Å². The van der Waals surface area contributed by atoms with Gasteiger partial charge in [-0.05, 0) is 36.9 Å². The van der Waals surface area contributed by atoms with Crippen LogP contribution in [0.15, 0.2) is 0 Å². The van der Waals surface area contributed by atoms with Crippen molar-refractivity contribution < 1.29 is 0 Å². The molecule has 0 spiro atoms. The molecule has 3 heteroatoms. The van der Waals surface area contributed by atoms with Gasteiger partial charge in [0.1, 0.15) is 0 Å². The Bertz CT molecular complexity index is 218. The van der Waals surface area contributed by atoms with Crippen molar-refractivity contribution in [3.8, 4) is 0 Å². The SMILES string of the molecule is CCCCNC(=S)N[C@@H]1CCC[C@@H](C)[C@@H]1C. The molecule has 0 aromatic carbocycles. The van der Waals surface area contributed by atoms with E-state index in [-0.39, 0.29) is 0 Å². The molecule has 2 nitrogen and oxygen atoms in total. The van der Waals surface area contributed by atoms with E-state index >= 15 is 0 Å². The first-order chi connectivity index (χ1) is 7.65. The third kappa shape index (κ3) is 4.28. The van der Waals surface area contributed by atoms with E-state index in [1.165, 1.54) is 32.1 Å². The molecule has 0 aliphatic heterocycles. The van der Waals surface area contributed by atoms with Crippen LogP contribution in [0, 0.1) is 11.8 Å². The highest BCUT2D eigenvalue weighted by Gasteiger charge is 2.27. The molecule has 1 fully saturated rings. The van der Waals surface area contributed by atoms with Gasteiger partial charge in [-0.25, -0.2) is 0 Å². The van der Waals surface area contributed by atoms with Crippen LogP contribution < -0.4 is 10.6 Å². The van der Waals surface area contributed by atoms with Crippen molar-refractivity contribution in [3.63, 3.8) is 0 Å². The molecule has 16 heavy (non-hydrogen) atoms. The van der Waals surface area contributed by atoms with Crippen molar-refractivity contribution >= 4 is 17.3 Å². The molecule has 0 bridgehead atoms. The van der Waals surface area contributed by atoms with Crippen molar-refractivity contribution in [1.29, 1.82) is 0 Å². The number of nitrogens with one attached hydrogen (secondary N) is 2. The van der Waals surface area contributed by atoms with Crippen molar-refractivity contribution in [3.05, 3.63) is 0 Å². The fourth-order valence-electron chi connectivity index (χ4n) is 2.38. The lowest BCUT2D eigenvalue weighted by molar-refractivity contribution is 0.224. The molecular formula is C13H26N2S. The standard InChI is InChI=1S/C13H26N2S/c1-4-5-9-14-13(16)15-12-8-6-7-10(2)11(12)3/h10-12H,4-9H2,1-3H3,(H2,14,15,16)/t10-,11+,12-/m1/s1. The molecule has 2 N–H and O–H groups in total. The fraction of sp³-hybridized carbons (Fsp3) is 0.923. The molecule has 1 aliphatic rings. The normalized spacial score (nSPS) is 29.8. The second-order valence-electron chi connectivity index (χ2n) is 5.13. The summed E-state index contributed by atoms with van der Waals surface area (Å²) in [5.41, 5.74) is 0. The van der Waals surface area contributed by atoms with E-state index in [0.29, 0.717) is 6.04 Å². The smallest absolute Gasteiger partial charge is 0.166 e. The zero-order valence-corrected chi connectivity index (χ0v) is 11.7. The molecule has 0 aromatic heterocycles. The van der Waals surface area contributed by atoms with Crippen molar-refractivity contribution in [2.24, 2.45) is 11.8 Å². The summed E-state index contributed by atoms with van der Waals surface area (Å²) in [6.07, 6.45) is 6.38. The summed E-state index contributed by atoms with van der Waals surface area (Å²) in [6.45, 7) is 7.89. The molecule has 1 aliphatic carbocycles. The highest BCUT2D eigenvalue weighted by Crippen LogP contribution is 2.29. The summed E-state index contributed by atoms with van der Waals surface area (Å²) in [6, 6.07) is 0.574. The molecule has 1 saturated carbocycles. The van der Waals surface area contributed by atoms with Gasteiger partial charge in [-0.2, -0.15) is 0 Å². The lowest BCUT2D eigenvalue weighted by Crippen LogP contribution is -2.47. The summed E-state index contributed by atoms with van der Waals surface area (Å²) in [7, 11) is 0. The third-order valence-corrected chi connectivity index (χ3v) is 4.10. The zero-order valence-electron chi connectivity index (χ0n) is 10.9. The van der Waals surface area contributed by atoms with Gasteiger partial charge in [0.2, 0.25) is 0 Å². The third-order valence-electron chi connectivity index (χ3n) is 3.84. The summed E-state index contributed by atoms with van der Waals surface area (Å²) >= 11 is 5.32. The first-order valence-corrected chi connectivity index (χ1v) is 7.10. The fourth-order valence-corrected chi connectivity index (χ4v) is 2.64. The maximum atomic E-state index is 5.32. The van der Waals surface area contributed by atoms with E-state index in [9.17, 15) is 0 Å². The lowest BCUT2D eigenvalue weighted by Gasteiger charge is -2.35. The van der Waals surface area contributed by atoms with Gasteiger partial charge in [0, 0.05) is 12.6 Å². The van der Waals surface area contributed by atoms with E-state index in [4.69, 9.17) is 12.2 Å². The summed E-state index contributed by atoms with van der Waals surface area (Å²) < 4.78 is 0. The van der Waals surface area contributed by atoms with Crippen molar-refractivity contribution in [1.82, 2.24) is 10.6 Å². The Morgan fingerprint density at radius 3 is 2.75 bits per heavy atom. The highest BCUT2D eigenvalue weighted by molar-refractivity contribution is 7.80. The minimum atomic E-state index is 0.574. The minimum Gasteiger partial charge on any atom is -0.363 e. The molecule has 0 unspecified atom stereocenters. The highest BCUT2D eigenvalue weighted by atomic mass is 32.1. The Balaban J connectivity index is 2.26.